The Labute approximate surface area is 70.8 Å². The Morgan fingerprint density at radius 2 is 1.10 bits per heavy atom. The lowest BCUT2D eigenvalue weighted by Crippen LogP contribution is -1.85. The van der Waals surface area contributed by atoms with E-state index in [-0.39, 0.29) is 0 Å². The van der Waals surface area contributed by atoms with Crippen molar-refractivity contribution in [1.29, 1.82) is 0 Å². The van der Waals surface area contributed by atoms with E-state index in [1.807, 2.05) is 0 Å². The van der Waals surface area contributed by atoms with E-state index >= 15 is 0 Å². The molecule has 1 saturated carbocycles. The first kappa shape index (κ1) is 10.3. The SMILES string of the molecule is C1CCCCC1.CCCS. The minimum absolute atomic E-state index is 1.01. The number of rotatable bonds is 1. The van der Waals surface area contributed by atoms with Gasteiger partial charge >= 0.3 is 0 Å². The highest BCUT2D eigenvalue weighted by Crippen LogP contribution is 2.15. The Morgan fingerprint density at radius 1 is 0.900 bits per heavy atom. The average molecular weight is 160 g/mol. The van der Waals surface area contributed by atoms with Gasteiger partial charge in [-0.3, -0.25) is 0 Å². The number of thiol groups is 1. The fourth-order valence-electron chi connectivity index (χ4n) is 1.06. The lowest BCUT2D eigenvalue weighted by atomic mass is 10.0. The third-order valence-electron chi connectivity index (χ3n) is 1.72. The highest BCUT2D eigenvalue weighted by atomic mass is 32.1. The summed E-state index contributed by atoms with van der Waals surface area (Å²) >= 11 is 3.92. The Morgan fingerprint density at radius 3 is 1.20 bits per heavy atom. The predicted octanol–water partition coefficient (Wildman–Crippen LogP) is 3.67. The molecule has 1 rings (SSSR count). The van der Waals surface area contributed by atoms with Crippen molar-refractivity contribution in [3.63, 3.8) is 0 Å². The van der Waals surface area contributed by atoms with Crippen LogP contribution in [-0.4, -0.2) is 5.75 Å². The largest absolute Gasteiger partial charge is 0.179 e. The van der Waals surface area contributed by atoms with Crippen molar-refractivity contribution in [2.75, 3.05) is 5.75 Å². The molecule has 0 amide bonds. The molecule has 0 N–H and O–H groups in total. The second-order valence-electron chi connectivity index (χ2n) is 2.84. The van der Waals surface area contributed by atoms with Crippen molar-refractivity contribution in [2.45, 2.75) is 51.9 Å². The fourth-order valence-corrected chi connectivity index (χ4v) is 1.06. The maximum Gasteiger partial charge on any atom is -0.0101 e. The van der Waals surface area contributed by atoms with Gasteiger partial charge in [0.15, 0.2) is 0 Å². The zero-order chi connectivity index (χ0) is 7.66. The summed E-state index contributed by atoms with van der Waals surface area (Å²) < 4.78 is 0. The molecule has 0 radical (unpaired) electrons. The third kappa shape index (κ3) is 8.35. The summed E-state index contributed by atoms with van der Waals surface area (Å²) in [6, 6.07) is 0. The summed E-state index contributed by atoms with van der Waals surface area (Å²) in [6.45, 7) is 2.10. The molecule has 1 fully saturated rings. The van der Waals surface area contributed by atoms with Crippen LogP contribution >= 0.6 is 12.6 Å². The van der Waals surface area contributed by atoms with E-state index in [1.54, 1.807) is 0 Å². The van der Waals surface area contributed by atoms with E-state index in [0.717, 1.165) is 5.75 Å². The Balaban J connectivity index is 0.000000180. The standard InChI is InChI=1S/C6H12.C3H8S/c1-2-4-6-5-3-1;1-2-3-4/h1-6H2;4H,2-3H2,1H3. The van der Waals surface area contributed by atoms with Crippen LogP contribution in [0.3, 0.4) is 0 Å². The van der Waals surface area contributed by atoms with Crippen LogP contribution in [0, 0.1) is 0 Å². The van der Waals surface area contributed by atoms with Crippen LogP contribution in [0.4, 0.5) is 0 Å². The maximum atomic E-state index is 3.92. The molecular weight excluding hydrogens is 140 g/mol. The van der Waals surface area contributed by atoms with Crippen LogP contribution in [0.5, 0.6) is 0 Å². The third-order valence-corrected chi connectivity index (χ3v) is 2.17. The molecule has 0 atom stereocenters. The molecule has 0 bridgehead atoms. The van der Waals surface area contributed by atoms with Crippen molar-refractivity contribution in [3.8, 4) is 0 Å². The molecule has 1 aliphatic carbocycles. The van der Waals surface area contributed by atoms with E-state index in [1.165, 1.54) is 44.9 Å². The topological polar surface area (TPSA) is 0 Å². The van der Waals surface area contributed by atoms with Crippen LogP contribution in [-0.2, 0) is 0 Å². The van der Waals surface area contributed by atoms with Gasteiger partial charge in [0.05, 0.1) is 0 Å². The maximum absolute atomic E-state index is 3.92. The Kier molecular flexibility index (Phi) is 9.68. The first-order valence-corrected chi connectivity index (χ1v) is 5.16. The van der Waals surface area contributed by atoms with E-state index in [0.29, 0.717) is 0 Å². The molecule has 0 aliphatic heterocycles. The van der Waals surface area contributed by atoms with Crippen molar-refractivity contribution in [1.82, 2.24) is 0 Å². The zero-order valence-corrected chi connectivity index (χ0v) is 8.00. The summed E-state index contributed by atoms with van der Waals surface area (Å²) in [5.74, 6) is 1.01. The monoisotopic (exact) mass is 160 g/mol. The molecule has 62 valence electrons. The van der Waals surface area contributed by atoms with Gasteiger partial charge in [0, 0.05) is 0 Å². The van der Waals surface area contributed by atoms with Gasteiger partial charge in [0.2, 0.25) is 0 Å². The predicted molar refractivity (Wildman–Crippen MR) is 51.8 cm³/mol. The molecule has 0 unspecified atom stereocenters. The quantitative estimate of drug-likeness (QED) is 0.556. The summed E-state index contributed by atoms with van der Waals surface area (Å²) in [5, 5.41) is 0. The highest BCUT2D eigenvalue weighted by molar-refractivity contribution is 7.80. The normalized spacial score (nSPS) is 17.4. The van der Waals surface area contributed by atoms with Gasteiger partial charge < -0.3 is 0 Å². The lowest BCUT2D eigenvalue weighted by molar-refractivity contribution is 0.504. The Bertz CT molecular complexity index is 35.2. The summed E-state index contributed by atoms with van der Waals surface area (Å²) in [7, 11) is 0. The van der Waals surface area contributed by atoms with Crippen LogP contribution in [0.2, 0.25) is 0 Å². The molecule has 1 aliphatic rings. The second kappa shape index (κ2) is 9.35. The molecule has 0 aromatic carbocycles. The van der Waals surface area contributed by atoms with Gasteiger partial charge in [-0.2, -0.15) is 12.6 Å². The molecule has 0 aromatic rings. The van der Waals surface area contributed by atoms with Gasteiger partial charge in [-0.15, -0.1) is 0 Å². The first-order valence-electron chi connectivity index (χ1n) is 4.52. The summed E-state index contributed by atoms with van der Waals surface area (Å²) in [5.41, 5.74) is 0. The molecule has 0 spiro atoms. The molecular formula is C9H20S. The van der Waals surface area contributed by atoms with Gasteiger partial charge in [-0.05, 0) is 12.2 Å². The van der Waals surface area contributed by atoms with Crippen molar-refractivity contribution in [2.24, 2.45) is 0 Å². The summed E-state index contributed by atoms with van der Waals surface area (Å²) in [6.07, 6.45) is 10.2. The van der Waals surface area contributed by atoms with Gasteiger partial charge in [0.1, 0.15) is 0 Å². The fraction of sp³-hybridized carbons (Fsp3) is 1.00. The summed E-state index contributed by atoms with van der Waals surface area (Å²) in [4.78, 5) is 0. The molecule has 10 heavy (non-hydrogen) atoms. The van der Waals surface area contributed by atoms with Crippen LogP contribution in [0.1, 0.15) is 51.9 Å². The lowest BCUT2D eigenvalue weighted by Gasteiger charge is -2.05. The van der Waals surface area contributed by atoms with Crippen molar-refractivity contribution < 1.29 is 0 Å². The first-order chi connectivity index (χ1) is 4.91. The molecule has 0 nitrogen and oxygen atoms in total. The van der Waals surface area contributed by atoms with E-state index in [4.69, 9.17) is 0 Å². The van der Waals surface area contributed by atoms with E-state index in [9.17, 15) is 0 Å². The average Bonchev–Trinajstić information content (AvgIpc) is 2.08. The number of hydrogen-bond acceptors (Lipinski definition) is 1. The smallest absolute Gasteiger partial charge is 0.0101 e. The Hall–Kier alpha value is 0.350. The van der Waals surface area contributed by atoms with Gasteiger partial charge in [0.25, 0.3) is 0 Å². The molecule has 0 aromatic heterocycles. The zero-order valence-electron chi connectivity index (χ0n) is 7.10. The van der Waals surface area contributed by atoms with Gasteiger partial charge in [-0.25, -0.2) is 0 Å². The second-order valence-corrected chi connectivity index (χ2v) is 3.29. The van der Waals surface area contributed by atoms with E-state index in [2.05, 4.69) is 19.6 Å². The van der Waals surface area contributed by atoms with Crippen LogP contribution in [0.15, 0.2) is 0 Å². The number of hydrogen-bond donors (Lipinski definition) is 1. The highest BCUT2D eigenvalue weighted by Gasteiger charge is 1.95. The van der Waals surface area contributed by atoms with Crippen molar-refractivity contribution >= 4 is 12.6 Å². The van der Waals surface area contributed by atoms with E-state index < -0.39 is 0 Å². The van der Waals surface area contributed by atoms with Gasteiger partial charge in [-0.1, -0.05) is 45.4 Å². The molecule has 0 heterocycles. The molecule has 0 saturated heterocycles. The van der Waals surface area contributed by atoms with Crippen molar-refractivity contribution in [3.05, 3.63) is 0 Å². The minimum atomic E-state index is 1.01. The minimum Gasteiger partial charge on any atom is -0.179 e. The van der Waals surface area contributed by atoms with Crippen LogP contribution in [0.25, 0.3) is 0 Å². The van der Waals surface area contributed by atoms with Crippen LogP contribution < -0.4 is 0 Å². The molecule has 1 heteroatoms.